The van der Waals surface area contributed by atoms with E-state index < -0.39 is 8.07 Å². The fourth-order valence-corrected chi connectivity index (χ4v) is 6.49. The van der Waals surface area contributed by atoms with Crippen molar-refractivity contribution < 1.29 is 0 Å². The second-order valence-corrected chi connectivity index (χ2v) is 14.5. The molecule has 0 aliphatic heterocycles. The molecule has 154 valence electrons. The van der Waals surface area contributed by atoms with Crippen LogP contribution < -0.4 is 5.19 Å². The van der Waals surface area contributed by atoms with Crippen molar-refractivity contribution in [2.45, 2.75) is 33.5 Å². The van der Waals surface area contributed by atoms with E-state index in [-0.39, 0.29) is 0 Å². The Bertz CT molecular complexity index is 1420. The third kappa shape index (κ3) is 3.21. The van der Waals surface area contributed by atoms with Gasteiger partial charge in [0.15, 0.2) is 0 Å². The van der Waals surface area contributed by atoms with Crippen LogP contribution in [0.25, 0.3) is 38.8 Å². The standard InChI is InChI=1S/C28H28N2Si/c1-19-20(2)28(29-18-27(19)31(3,4)5)21-15-16-26-24(17-21)23-13-9-10-14-25(23)30(26)22-11-7-6-8-12-22/h6-18H,1-5H3. The molecule has 0 aliphatic carbocycles. The number of pyridine rings is 1. The molecule has 31 heavy (non-hydrogen) atoms. The van der Waals surface area contributed by atoms with Crippen LogP contribution in [0.2, 0.25) is 19.6 Å². The molecule has 0 N–H and O–H groups in total. The molecule has 2 nitrogen and oxygen atoms in total. The SMILES string of the molecule is Cc1c([Si](C)(C)C)cnc(-c2ccc3c(c2)c2ccccc2n3-c2ccccc2)c1C. The Kier molecular flexibility index (Phi) is 4.60. The second kappa shape index (κ2) is 7.21. The average molecular weight is 421 g/mol. The molecular formula is C28H28N2Si. The molecule has 0 saturated carbocycles. The van der Waals surface area contributed by atoms with Gasteiger partial charge in [0.05, 0.1) is 24.8 Å². The molecule has 0 atom stereocenters. The molecule has 0 amide bonds. The van der Waals surface area contributed by atoms with Gasteiger partial charge in [-0.05, 0) is 60.5 Å². The lowest BCUT2D eigenvalue weighted by Gasteiger charge is -2.21. The van der Waals surface area contributed by atoms with Crippen molar-refractivity contribution in [1.82, 2.24) is 9.55 Å². The van der Waals surface area contributed by atoms with E-state index in [1.54, 1.807) is 0 Å². The molecule has 3 aromatic carbocycles. The molecule has 0 aliphatic rings. The number of benzene rings is 3. The second-order valence-electron chi connectivity index (χ2n) is 9.44. The molecule has 2 aromatic heterocycles. The third-order valence-corrected chi connectivity index (χ3v) is 8.53. The molecule has 0 radical (unpaired) electrons. The number of hydrogen-bond acceptors (Lipinski definition) is 1. The van der Waals surface area contributed by atoms with Crippen LogP contribution in [0.1, 0.15) is 11.1 Å². The molecule has 0 saturated heterocycles. The summed E-state index contributed by atoms with van der Waals surface area (Å²) in [4.78, 5) is 4.96. The summed E-state index contributed by atoms with van der Waals surface area (Å²) in [5.41, 5.74) is 8.62. The molecule has 0 bridgehead atoms. The van der Waals surface area contributed by atoms with Gasteiger partial charge < -0.3 is 4.57 Å². The molecule has 0 fully saturated rings. The Balaban J connectivity index is 1.76. The van der Waals surface area contributed by atoms with Crippen LogP contribution >= 0.6 is 0 Å². The summed E-state index contributed by atoms with van der Waals surface area (Å²) in [6.45, 7) is 11.6. The van der Waals surface area contributed by atoms with Crippen LogP contribution in [-0.4, -0.2) is 17.6 Å². The topological polar surface area (TPSA) is 17.8 Å². The quantitative estimate of drug-likeness (QED) is 0.287. The van der Waals surface area contributed by atoms with Crippen molar-refractivity contribution in [3.63, 3.8) is 0 Å². The Morgan fingerprint density at radius 1 is 0.710 bits per heavy atom. The summed E-state index contributed by atoms with van der Waals surface area (Å²) in [5, 5.41) is 4.00. The zero-order valence-corrected chi connectivity index (χ0v) is 19.9. The number of para-hydroxylation sites is 2. The lowest BCUT2D eigenvalue weighted by atomic mass is 10.0. The lowest BCUT2D eigenvalue weighted by Crippen LogP contribution is -2.40. The summed E-state index contributed by atoms with van der Waals surface area (Å²) in [6, 6.07) is 26.1. The normalized spacial score (nSPS) is 12.0. The van der Waals surface area contributed by atoms with E-state index in [2.05, 4.69) is 117 Å². The predicted molar refractivity (Wildman–Crippen MR) is 136 cm³/mol. The molecule has 0 spiro atoms. The van der Waals surface area contributed by atoms with Gasteiger partial charge in [0.1, 0.15) is 0 Å². The van der Waals surface area contributed by atoms with Crippen LogP contribution in [0.4, 0.5) is 0 Å². The smallest absolute Gasteiger partial charge is 0.0799 e. The highest BCUT2D eigenvalue weighted by molar-refractivity contribution is 6.89. The van der Waals surface area contributed by atoms with Gasteiger partial charge in [-0.1, -0.05) is 62.1 Å². The van der Waals surface area contributed by atoms with Gasteiger partial charge in [-0.25, -0.2) is 0 Å². The van der Waals surface area contributed by atoms with E-state index in [0.29, 0.717) is 0 Å². The number of aromatic nitrogens is 2. The van der Waals surface area contributed by atoms with Gasteiger partial charge in [-0.15, -0.1) is 0 Å². The first-order chi connectivity index (χ1) is 14.9. The Morgan fingerprint density at radius 3 is 2.13 bits per heavy atom. The molecule has 5 rings (SSSR count). The fourth-order valence-electron chi connectivity index (χ4n) is 4.72. The van der Waals surface area contributed by atoms with Crippen LogP contribution in [-0.2, 0) is 0 Å². The summed E-state index contributed by atoms with van der Waals surface area (Å²) >= 11 is 0. The maximum Gasteiger partial charge on any atom is 0.0799 e. The number of fused-ring (bicyclic) bond motifs is 3. The Hall–Kier alpha value is -3.17. The highest BCUT2D eigenvalue weighted by Crippen LogP contribution is 2.35. The first kappa shape index (κ1) is 19.8. The molecule has 2 heterocycles. The van der Waals surface area contributed by atoms with E-state index in [1.165, 1.54) is 49.4 Å². The van der Waals surface area contributed by atoms with E-state index in [1.807, 2.05) is 0 Å². The van der Waals surface area contributed by atoms with E-state index in [0.717, 1.165) is 5.69 Å². The van der Waals surface area contributed by atoms with E-state index in [9.17, 15) is 0 Å². The van der Waals surface area contributed by atoms with E-state index >= 15 is 0 Å². The Labute approximate surface area is 185 Å². The summed E-state index contributed by atoms with van der Waals surface area (Å²) in [5.74, 6) is 0. The van der Waals surface area contributed by atoms with Gasteiger partial charge in [-0.2, -0.15) is 0 Å². The summed E-state index contributed by atoms with van der Waals surface area (Å²) in [7, 11) is -1.41. The maximum atomic E-state index is 4.96. The fraction of sp³-hybridized carbons (Fsp3) is 0.179. The monoisotopic (exact) mass is 420 g/mol. The van der Waals surface area contributed by atoms with Crippen LogP contribution in [0.15, 0.2) is 79.0 Å². The molecule has 0 unspecified atom stereocenters. The van der Waals surface area contributed by atoms with Crippen molar-refractivity contribution >= 4 is 35.1 Å². The predicted octanol–water partition coefficient (Wildman–Crippen LogP) is 7.01. The van der Waals surface area contributed by atoms with Crippen molar-refractivity contribution in [2.24, 2.45) is 0 Å². The minimum Gasteiger partial charge on any atom is -0.309 e. The first-order valence-corrected chi connectivity index (χ1v) is 14.4. The zero-order valence-electron chi connectivity index (χ0n) is 18.9. The van der Waals surface area contributed by atoms with E-state index in [4.69, 9.17) is 4.98 Å². The zero-order chi connectivity index (χ0) is 21.8. The van der Waals surface area contributed by atoms with Crippen molar-refractivity contribution in [1.29, 1.82) is 0 Å². The highest BCUT2D eigenvalue weighted by atomic mass is 28.3. The van der Waals surface area contributed by atoms with Crippen LogP contribution in [0, 0.1) is 13.8 Å². The summed E-state index contributed by atoms with van der Waals surface area (Å²) < 4.78 is 2.36. The van der Waals surface area contributed by atoms with Crippen molar-refractivity contribution in [2.75, 3.05) is 0 Å². The minimum absolute atomic E-state index is 1.10. The molecule has 5 aromatic rings. The number of rotatable bonds is 3. The average Bonchev–Trinajstić information content (AvgIpc) is 3.09. The number of nitrogens with zero attached hydrogens (tertiary/aromatic N) is 2. The first-order valence-electron chi connectivity index (χ1n) is 10.9. The molecule has 3 heteroatoms. The molecular weight excluding hydrogens is 392 g/mol. The van der Waals surface area contributed by atoms with Crippen LogP contribution in [0.5, 0.6) is 0 Å². The van der Waals surface area contributed by atoms with Crippen molar-refractivity contribution in [3.05, 3.63) is 90.1 Å². The van der Waals surface area contributed by atoms with Gasteiger partial charge in [-0.3, -0.25) is 4.98 Å². The summed E-state index contributed by atoms with van der Waals surface area (Å²) in [6.07, 6.45) is 2.13. The van der Waals surface area contributed by atoms with Gasteiger partial charge in [0.2, 0.25) is 0 Å². The lowest BCUT2D eigenvalue weighted by molar-refractivity contribution is 1.18. The van der Waals surface area contributed by atoms with Gasteiger partial charge in [0, 0.05) is 28.2 Å². The maximum absolute atomic E-state index is 4.96. The highest BCUT2D eigenvalue weighted by Gasteiger charge is 2.22. The largest absolute Gasteiger partial charge is 0.309 e. The Morgan fingerprint density at radius 2 is 1.39 bits per heavy atom. The van der Waals surface area contributed by atoms with Crippen LogP contribution in [0.3, 0.4) is 0 Å². The number of hydrogen-bond donors (Lipinski definition) is 0. The van der Waals surface area contributed by atoms with Gasteiger partial charge in [0.25, 0.3) is 0 Å². The third-order valence-electron chi connectivity index (χ3n) is 6.41. The van der Waals surface area contributed by atoms with Gasteiger partial charge >= 0.3 is 0 Å². The van der Waals surface area contributed by atoms with Crippen molar-refractivity contribution in [3.8, 4) is 16.9 Å². The minimum atomic E-state index is -1.41.